The van der Waals surface area contributed by atoms with Gasteiger partial charge in [-0.25, -0.2) is 4.99 Å². The smallest absolute Gasteiger partial charge is 0.139 e. The molecule has 0 aliphatic heterocycles. The van der Waals surface area contributed by atoms with E-state index in [9.17, 15) is 0 Å². The van der Waals surface area contributed by atoms with Crippen LogP contribution < -0.4 is 0 Å². The van der Waals surface area contributed by atoms with Gasteiger partial charge < -0.3 is 4.57 Å². The topological polar surface area (TPSA) is 17.3 Å². The third-order valence-electron chi connectivity index (χ3n) is 3.44. The molecule has 86 valence electrons. The molecule has 0 atom stereocenters. The summed E-state index contributed by atoms with van der Waals surface area (Å²) in [6.45, 7) is 7.90. The molecule has 0 bridgehead atoms. The Balaban J connectivity index is 2.44. The van der Waals surface area contributed by atoms with Crippen LogP contribution in [0, 0.1) is 6.92 Å². The van der Waals surface area contributed by atoms with Gasteiger partial charge in [0.1, 0.15) is 5.82 Å². The first kappa shape index (κ1) is 11.2. The van der Waals surface area contributed by atoms with Crippen LogP contribution in [0.5, 0.6) is 0 Å². The van der Waals surface area contributed by atoms with Crippen molar-refractivity contribution in [2.45, 2.75) is 45.6 Å². The lowest BCUT2D eigenvalue weighted by Gasteiger charge is -2.13. The summed E-state index contributed by atoms with van der Waals surface area (Å²) < 4.78 is 2.32. The van der Waals surface area contributed by atoms with Crippen molar-refractivity contribution < 1.29 is 0 Å². The van der Waals surface area contributed by atoms with Gasteiger partial charge in [-0.1, -0.05) is 25.0 Å². The summed E-state index contributed by atoms with van der Waals surface area (Å²) >= 11 is 0. The average Bonchev–Trinajstić information content (AvgIpc) is 2.88. The number of nitrogens with zero attached hydrogens (tertiary/aromatic N) is 2. The fraction of sp³-hybridized carbons (Fsp3) is 0.500. The van der Waals surface area contributed by atoms with E-state index in [0.29, 0.717) is 6.04 Å². The van der Waals surface area contributed by atoms with Gasteiger partial charge in [-0.15, -0.1) is 0 Å². The highest BCUT2D eigenvalue weighted by Gasteiger charge is 2.21. The summed E-state index contributed by atoms with van der Waals surface area (Å²) in [6.07, 6.45) is 11.7. The number of aromatic nitrogens is 1. The number of aryl methyl sites for hydroxylation is 1. The molecule has 0 radical (unpaired) electrons. The molecule has 16 heavy (non-hydrogen) atoms. The van der Waals surface area contributed by atoms with Crippen LogP contribution in [0.15, 0.2) is 17.3 Å². The summed E-state index contributed by atoms with van der Waals surface area (Å²) in [4.78, 5) is 4.22. The Morgan fingerprint density at radius 2 is 2.12 bits per heavy atom. The minimum atomic E-state index is 0.637. The van der Waals surface area contributed by atoms with E-state index < -0.39 is 0 Å². The van der Waals surface area contributed by atoms with Crippen LogP contribution in [0.3, 0.4) is 0 Å². The summed E-state index contributed by atoms with van der Waals surface area (Å²) in [5.74, 6) is 1.04. The van der Waals surface area contributed by atoms with Gasteiger partial charge in [0.05, 0.1) is 0 Å². The van der Waals surface area contributed by atoms with E-state index in [4.69, 9.17) is 0 Å². The molecule has 0 unspecified atom stereocenters. The summed E-state index contributed by atoms with van der Waals surface area (Å²) in [6, 6.07) is 0.637. The van der Waals surface area contributed by atoms with E-state index in [1.165, 1.54) is 36.8 Å². The number of hydrogen-bond donors (Lipinski definition) is 0. The first-order valence-corrected chi connectivity index (χ1v) is 6.08. The lowest BCUT2D eigenvalue weighted by atomic mass is 10.2. The highest BCUT2D eigenvalue weighted by atomic mass is 15.1. The highest BCUT2D eigenvalue weighted by Crippen LogP contribution is 2.36. The van der Waals surface area contributed by atoms with E-state index >= 15 is 0 Å². The second kappa shape index (κ2) is 4.69. The predicted octanol–water partition coefficient (Wildman–Crippen LogP) is 4.28. The maximum absolute atomic E-state index is 4.22. The van der Waals surface area contributed by atoms with Crippen LogP contribution >= 0.6 is 0 Å². The van der Waals surface area contributed by atoms with Gasteiger partial charge in [-0.05, 0) is 39.0 Å². The average molecular weight is 216 g/mol. The van der Waals surface area contributed by atoms with Crippen molar-refractivity contribution >= 4 is 18.6 Å². The van der Waals surface area contributed by atoms with Gasteiger partial charge in [0.25, 0.3) is 0 Å². The van der Waals surface area contributed by atoms with E-state index in [2.05, 4.69) is 41.5 Å². The molecule has 0 saturated heterocycles. The van der Waals surface area contributed by atoms with E-state index in [-0.39, 0.29) is 0 Å². The third kappa shape index (κ3) is 1.84. The molecule has 2 heteroatoms. The zero-order valence-corrected chi connectivity index (χ0v) is 10.2. The molecule has 2 rings (SSSR count). The maximum atomic E-state index is 4.22. The minimum Gasteiger partial charge on any atom is -0.329 e. The quantitative estimate of drug-likeness (QED) is 0.671. The zero-order chi connectivity index (χ0) is 11.5. The lowest BCUT2D eigenvalue weighted by molar-refractivity contribution is 0.524. The number of hydrogen-bond acceptors (Lipinski definition) is 1. The van der Waals surface area contributed by atoms with Crippen LogP contribution in [0.4, 0.5) is 5.82 Å². The molecule has 1 aliphatic carbocycles. The van der Waals surface area contributed by atoms with Crippen LogP contribution in [0.25, 0.3) is 6.08 Å². The molecule has 2 nitrogen and oxygen atoms in total. The molecule has 1 saturated carbocycles. The van der Waals surface area contributed by atoms with Crippen molar-refractivity contribution in [2.24, 2.45) is 4.99 Å². The van der Waals surface area contributed by atoms with Crippen LogP contribution in [-0.2, 0) is 0 Å². The molecule has 1 aromatic heterocycles. The molecule has 1 aromatic rings. The van der Waals surface area contributed by atoms with Crippen molar-refractivity contribution in [1.29, 1.82) is 0 Å². The van der Waals surface area contributed by atoms with Crippen molar-refractivity contribution in [1.82, 2.24) is 4.57 Å². The number of rotatable bonds is 3. The van der Waals surface area contributed by atoms with Gasteiger partial charge in [-0.3, -0.25) is 0 Å². The van der Waals surface area contributed by atoms with Crippen molar-refractivity contribution in [3.63, 3.8) is 0 Å². The molecular formula is C14H20N2. The first-order chi connectivity index (χ1) is 7.77. The number of allylic oxidation sites excluding steroid dienone is 1. The second-order valence-electron chi connectivity index (χ2n) is 4.55. The van der Waals surface area contributed by atoms with E-state index in [1.54, 1.807) is 0 Å². The van der Waals surface area contributed by atoms with Crippen LogP contribution in [0.1, 0.15) is 49.8 Å². The summed E-state index contributed by atoms with van der Waals surface area (Å²) in [7, 11) is 0. The molecule has 0 aromatic carbocycles. The Hall–Kier alpha value is -1.31. The lowest BCUT2D eigenvalue weighted by Crippen LogP contribution is -2.02. The van der Waals surface area contributed by atoms with Crippen LogP contribution in [0.2, 0.25) is 0 Å². The van der Waals surface area contributed by atoms with Crippen molar-refractivity contribution in [3.8, 4) is 0 Å². The molecule has 0 spiro atoms. The van der Waals surface area contributed by atoms with Gasteiger partial charge in [0, 0.05) is 17.8 Å². The Labute approximate surface area is 97.7 Å². The minimum absolute atomic E-state index is 0.637. The maximum Gasteiger partial charge on any atom is 0.139 e. The normalized spacial score (nSPS) is 17.4. The monoisotopic (exact) mass is 216 g/mol. The molecular weight excluding hydrogens is 196 g/mol. The molecule has 0 amide bonds. The Kier molecular flexibility index (Phi) is 3.28. The van der Waals surface area contributed by atoms with Gasteiger partial charge in [0.15, 0.2) is 0 Å². The summed E-state index contributed by atoms with van der Waals surface area (Å²) in [5.41, 5.74) is 2.52. The Morgan fingerprint density at radius 1 is 1.44 bits per heavy atom. The predicted molar refractivity (Wildman–Crippen MR) is 70.6 cm³/mol. The largest absolute Gasteiger partial charge is 0.329 e. The van der Waals surface area contributed by atoms with E-state index in [0.717, 1.165) is 5.82 Å². The number of aliphatic imine (C=N–C) groups is 1. The van der Waals surface area contributed by atoms with Gasteiger partial charge >= 0.3 is 0 Å². The Morgan fingerprint density at radius 3 is 2.69 bits per heavy atom. The molecule has 1 fully saturated rings. The highest BCUT2D eigenvalue weighted by molar-refractivity contribution is 5.67. The molecule has 1 aliphatic rings. The Bertz CT molecular complexity index is 407. The SMILES string of the molecule is C=Nc1c(/C=C\C)c(C)cn1C1CCCC1. The van der Waals surface area contributed by atoms with Gasteiger partial charge in [0.2, 0.25) is 0 Å². The van der Waals surface area contributed by atoms with Crippen molar-refractivity contribution in [3.05, 3.63) is 23.4 Å². The van der Waals surface area contributed by atoms with Gasteiger partial charge in [-0.2, -0.15) is 0 Å². The zero-order valence-electron chi connectivity index (χ0n) is 10.2. The second-order valence-corrected chi connectivity index (χ2v) is 4.55. The first-order valence-electron chi connectivity index (χ1n) is 6.08. The molecule has 0 N–H and O–H groups in total. The fourth-order valence-corrected chi connectivity index (χ4v) is 2.65. The molecule has 1 heterocycles. The van der Waals surface area contributed by atoms with E-state index in [1.807, 2.05) is 6.92 Å². The third-order valence-corrected chi connectivity index (χ3v) is 3.44. The summed E-state index contributed by atoms with van der Waals surface area (Å²) in [5, 5.41) is 0. The van der Waals surface area contributed by atoms with Crippen molar-refractivity contribution in [2.75, 3.05) is 0 Å². The standard InChI is InChI=1S/C14H20N2/c1-4-7-13-11(2)10-16(14(13)15-3)12-8-5-6-9-12/h4,7,10,12H,3,5-6,8-9H2,1-2H3/b7-4-. The van der Waals surface area contributed by atoms with Crippen LogP contribution in [-0.4, -0.2) is 11.3 Å². The fourth-order valence-electron chi connectivity index (χ4n) is 2.65.